The maximum absolute atomic E-state index is 5.85. The highest BCUT2D eigenvalue weighted by molar-refractivity contribution is 6.18. The van der Waals surface area contributed by atoms with E-state index in [2.05, 4.69) is 18.7 Å². The predicted octanol–water partition coefficient (Wildman–Crippen LogP) is 3.13. The molecule has 1 unspecified atom stereocenters. The summed E-state index contributed by atoms with van der Waals surface area (Å²) in [7, 11) is 0. The van der Waals surface area contributed by atoms with Crippen molar-refractivity contribution in [1.82, 2.24) is 4.90 Å². The van der Waals surface area contributed by atoms with E-state index in [0.29, 0.717) is 0 Å². The molecule has 0 N–H and O–H groups in total. The quantitative estimate of drug-likeness (QED) is 0.635. The molecule has 0 aromatic rings. The molecule has 1 heterocycles. The lowest BCUT2D eigenvalue weighted by Crippen LogP contribution is -2.40. The minimum absolute atomic E-state index is 0.779. The fraction of sp³-hybridized carbons (Fsp3) is 1.00. The summed E-state index contributed by atoms with van der Waals surface area (Å²) in [6.07, 6.45) is 5.25. The van der Waals surface area contributed by atoms with Gasteiger partial charge in [-0.3, -0.25) is 0 Å². The van der Waals surface area contributed by atoms with Crippen LogP contribution in [0.2, 0.25) is 0 Å². The van der Waals surface area contributed by atoms with Gasteiger partial charge in [0.25, 0.3) is 0 Å². The Bertz CT molecular complexity index is 130. The molecule has 0 aromatic carbocycles. The summed E-state index contributed by atoms with van der Waals surface area (Å²) in [5.41, 5.74) is 0. The van der Waals surface area contributed by atoms with Gasteiger partial charge in [-0.2, -0.15) is 0 Å². The van der Waals surface area contributed by atoms with Gasteiger partial charge in [-0.25, -0.2) is 0 Å². The third-order valence-electron chi connectivity index (χ3n) is 3.20. The van der Waals surface area contributed by atoms with E-state index < -0.39 is 0 Å². The van der Waals surface area contributed by atoms with Crippen LogP contribution in [0.4, 0.5) is 0 Å². The van der Waals surface area contributed by atoms with Gasteiger partial charge in [0.15, 0.2) is 0 Å². The Kier molecular flexibility index (Phi) is 5.12. The molecule has 1 atom stereocenters. The molecule has 1 fully saturated rings. The van der Waals surface area contributed by atoms with Crippen molar-refractivity contribution in [3.8, 4) is 0 Å². The molecule has 0 aliphatic carbocycles. The Morgan fingerprint density at radius 2 is 2.00 bits per heavy atom. The topological polar surface area (TPSA) is 3.24 Å². The molecule has 2 heteroatoms. The smallest absolute Gasteiger partial charge is 0.0252 e. The van der Waals surface area contributed by atoms with E-state index in [9.17, 15) is 0 Å². The minimum atomic E-state index is 0.779. The van der Waals surface area contributed by atoms with Gasteiger partial charge in [0, 0.05) is 11.9 Å². The maximum Gasteiger partial charge on any atom is 0.0252 e. The molecule has 0 spiro atoms. The molecule has 13 heavy (non-hydrogen) atoms. The number of hydrogen-bond donors (Lipinski definition) is 0. The number of nitrogens with zero attached hydrogens (tertiary/aromatic N) is 1. The van der Waals surface area contributed by atoms with Gasteiger partial charge in [0.05, 0.1) is 0 Å². The highest BCUT2D eigenvalue weighted by Crippen LogP contribution is 2.21. The van der Waals surface area contributed by atoms with Gasteiger partial charge in [0.1, 0.15) is 0 Å². The van der Waals surface area contributed by atoms with Crippen LogP contribution in [0.25, 0.3) is 0 Å². The van der Waals surface area contributed by atoms with Crippen LogP contribution in [-0.2, 0) is 0 Å². The first-order valence-electron chi connectivity index (χ1n) is 5.58. The summed E-state index contributed by atoms with van der Waals surface area (Å²) in [5, 5.41) is 0. The van der Waals surface area contributed by atoms with Crippen LogP contribution < -0.4 is 0 Å². The first-order chi connectivity index (χ1) is 6.27. The van der Waals surface area contributed by atoms with Crippen LogP contribution in [0, 0.1) is 5.92 Å². The van der Waals surface area contributed by atoms with Crippen LogP contribution in [0.5, 0.6) is 0 Å². The van der Waals surface area contributed by atoms with Crippen molar-refractivity contribution in [1.29, 1.82) is 0 Å². The molecule has 78 valence electrons. The summed E-state index contributed by atoms with van der Waals surface area (Å²) >= 11 is 5.85. The molecule has 1 aliphatic heterocycles. The molecule has 0 amide bonds. The number of halogens is 1. The Hall–Kier alpha value is 0.250. The average molecular weight is 204 g/mol. The van der Waals surface area contributed by atoms with Gasteiger partial charge in [0.2, 0.25) is 0 Å². The van der Waals surface area contributed by atoms with Crippen LogP contribution in [-0.4, -0.2) is 29.9 Å². The van der Waals surface area contributed by atoms with Crippen LogP contribution >= 0.6 is 11.6 Å². The molecule has 1 aliphatic rings. The lowest BCUT2D eigenvalue weighted by Gasteiger charge is -2.35. The number of likely N-dealkylation sites (tertiary alicyclic amines) is 1. The Morgan fingerprint density at radius 3 is 2.46 bits per heavy atom. The van der Waals surface area contributed by atoms with Crippen LogP contribution in [0.3, 0.4) is 0 Å². The molecule has 0 saturated carbocycles. The molecular formula is C11H22ClN. The molecule has 0 aromatic heterocycles. The van der Waals surface area contributed by atoms with Crippen molar-refractivity contribution in [3.63, 3.8) is 0 Å². The highest BCUT2D eigenvalue weighted by atomic mass is 35.5. The summed E-state index contributed by atoms with van der Waals surface area (Å²) < 4.78 is 0. The lowest BCUT2D eigenvalue weighted by molar-refractivity contribution is 0.141. The SMILES string of the molecule is CCCC(C)N1CCC(CCl)CC1. The second-order valence-electron chi connectivity index (χ2n) is 4.27. The van der Waals surface area contributed by atoms with E-state index in [-0.39, 0.29) is 0 Å². The van der Waals surface area contributed by atoms with E-state index in [1.807, 2.05) is 0 Å². The fourth-order valence-corrected chi connectivity index (χ4v) is 2.46. The number of hydrogen-bond acceptors (Lipinski definition) is 1. The second-order valence-corrected chi connectivity index (χ2v) is 4.58. The molecule has 0 bridgehead atoms. The van der Waals surface area contributed by atoms with E-state index in [1.54, 1.807) is 0 Å². The lowest BCUT2D eigenvalue weighted by atomic mass is 9.97. The largest absolute Gasteiger partial charge is 0.301 e. The number of rotatable bonds is 4. The first kappa shape index (κ1) is 11.3. The second kappa shape index (κ2) is 5.87. The summed E-state index contributed by atoms with van der Waals surface area (Å²) in [6.45, 7) is 7.14. The van der Waals surface area contributed by atoms with Gasteiger partial charge in [-0.05, 0) is 45.2 Å². The zero-order valence-corrected chi connectivity index (χ0v) is 9.69. The molecule has 0 radical (unpaired) electrons. The predicted molar refractivity (Wildman–Crippen MR) is 59.4 cm³/mol. The van der Waals surface area contributed by atoms with Gasteiger partial charge in [-0.1, -0.05) is 13.3 Å². The fourth-order valence-electron chi connectivity index (χ4n) is 2.15. The van der Waals surface area contributed by atoms with E-state index >= 15 is 0 Å². The average Bonchev–Trinajstić information content (AvgIpc) is 2.18. The molecule has 1 nitrogen and oxygen atoms in total. The van der Waals surface area contributed by atoms with Crippen LogP contribution in [0.15, 0.2) is 0 Å². The van der Waals surface area contributed by atoms with E-state index in [4.69, 9.17) is 11.6 Å². The zero-order valence-electron chi connectivity index (χ0n) is 8.93. The third kappa shape index (κ3) is 3.47. The standard InChI is InChI=1S/C11H22ClN/c1-3-4-10(2)13-7-5-11(9-12)6-8-13/h10-11H,3-9H2,1-2H3. The van der Waals surface area contributed by atoms with Crippen molar-refractivity contribution in [2.24, 2.45) is 5.92 Å². The summed E-state index contributed by atoms with van der Waals surface area (Å²) in [5.74, 6) is 1.64. The summed E-state index contributed by atoms with van der Waals surface area (Å²) in [6, 6.07) is 0.779. The number of alkyl halides is 1. The van der Waals surface area contributed by atoms with Gasteiger partial charge >= 0.3 is 0 Å². The Labute approximate surface area is 87.4 Å². The summed E-state index contributed by atoms with van der Waals surface area (Å²) in [4.78, 5) is 2.62. The van der Waals surface area contributed by atoms with E-state index in [1.165, 1.54) is 38.8 Å². The van der Waals surface area contributed by atoms with Gasteiger partial charge < -0.3 is 4.90 Å². The normalized spacial score (nSPS) is 23.3. The highest BCUT2D eigenvalue weighted by Gasteiger charge is 2.21. The Balaban J connectivity index is 2.23. The monoisotopic (exact) mass is 203 g/mol. The van der Waals surface area contributed by atoms with Crippen molar-refractivity contribution < 1.29 is 0 Å². The van der Waals surface area contributed by atoms with Crippen molar-refractivity contribution in [2.45, 2.75) is 45.6 Å². The van der Waals surface area contributed by atoms with Crippen LogP contribution in [0.1, 0.15) is 39.5 Å². The minimum Gasteiger partial charge on any atom is -0.301 e. The zero-order chi connectivity index (χ0) is 9.68. The molecule has 1 saturated heterocycles. The third-order valence-corrected chi connectivity index (χ3v) is 3.63. The Morgan fingerprint density at radius 1 is 1.38 bits per heavy atom. The molecule has 1 rings (SSSR count). The van der Waals surface area contributed by atoms with Crippen molar-refractivity contribution >= 4 is 11.6 Å². The van der Waals surface area contributed by atoms with E-state index in [0.717, 1.165) is 17.8 Å². The first-order valence-corrected chi connectivity index (χ1v) is 6.11. The van der Waals surface area contributed by atoms with Gasteiger partial charge in [-0.15, -0.1) is 11.6 Å². The van der Waals surface area contributed by atoms with Crippen molar-refractivity contribution in [2.75, 3.05) is 19.0 Å². The number of piperidine rings is 1. The molecular weight excluding hydrogens is 182 g/mol. The van der Waals surface area contributed by atoms with Crippen molar-refractivity contribution in [3.05, 3.63) is 0 Å². The maximum atomic E-state index is 5.85.